The lowest BCUT2D eigenvalue weighted by atomic mass is 10.1. The molecule has 0 bridgehead atoms. The van der Waals surface area contributed by atoms with Crippen molar-refractivity contribution in [3.63, 3.8) is 0 Å². The topological polar surface area (TPSA) is 72.0 Å². The maximum Gasteiger partial charge on any atom is 0.234 e. The second-order valence-electron chi connectivity index (χ2n) is 6.35. The molecule has 0 aliphatic rings. The van der Waals surface area contributed by atoms with E-state index >= 15 is 0 Å². The zero-order valence-corrected chi connectivity index (χ0v) is 17.2. The van der Waals surface area contributed by atoms with Gasteiger partial charge in [-0.1, -0.05) is 54.2 Å². The summed E-state index contributed by atoms with van der Waals surface area (Å²) in [6, 6.07) is 19.1. The number of ketones is 1. The van der Waals surface area contributed by atoms with Crippen molar-refractivity contribution in [2.24, 2.45) is 0 Å². The van der Waals surface area contributed by atoms with E-state index in [9.17, 15) is 9.59 Å². The number of nitrogens with one attached hydrogen (secondary N) is 1. The summed E-state index contributed by atoms with van der Waals surface area (Å²) >= 11 is 2.98. The SMILES string of the molecule is CC(=O)c1cccc(NC(=O)CSc2ncnc3sc(-c4ccccc4)cc23)c1. The molecule has 0 saturated carbocycles. The number of rotatable bonds is 6. The van der Waals surface area contributed by atoms with Gasteiger partial charge in [0, 0.05) is 21.5 Å². The summed E-state index contributed by atoms with van der Waals surface area (Å²) in [5.74, 6) is 0.0268. The Kier molecular flexibility index (Phi) is 5.69. The zero-order valence-electron chi connectivity index (χ0n) is 15.6. The van der Waals surface area contributed by atoms with E-state index in [0.717, 1.165) is 25.7 Å². The molecule has 0 spiro atoms. The molecule has 1 N–H and O–H groups in total. The van der Waals surface area contributed by atoms with Gasteiger partial charge in [-0.25, -0.2) is 9.97 Å². The highest BCUT2D eigenvalue weighted by Crippen LogP contribution is 2.36. The largest absolute Gasteiger partial charge is 0.325 e. The lowest BCUT2D eigenvalue weighted by Crippen LogP contribution is -2.14. The molecule has 0 unspecified atom stereocenters. The van der Waals surface area contributed by atoms with Gasteiger partial charge in [-0.05, 0) is 30.7 Å². The molecule has 0 fully saturated rings. The van der Waals surface area contributed by atoms with Crippen molar-refractivity contribution in [3.05, 3.63) is 72.6 Å². The summed E-state index contributed by atoms with van der Waals surface area (Å²) in [5, 5.41) is 4.56. The van der Waals surface area contributed by atoms with Gasteiger partial charge in [-0.2, -0.15) is 0 Å². The first-order chi connectivity index (χ1) is 14.1. The van der Waals surface area contributed by atoms with Crippen LogP contribution in [-0.2, 0) is 4.79 Å². The van der Waals surface area contributed by atoms with E-state index < -0.39 is 0 Å². The molecule has 144 valence electrons. The van der Waals surface area contributed by atoms with Gasteiger partial charge in [-0.15, -0.1) is 11.3 Å². The standard InChI is InChI=1S/C22H17N3O2S2/c1-14(26)16-8-5-9-17(10-16)25-20(27)12-28-21-18-11-19(15-6-3-2-4-7-15)29-22(18)24-13-23-21/h2-11,13H,12H2,1H3,(H,25,27). The van der Waals surface area contributed by atoms with E-state index in [1.54, 1.807) is 35.6 Å². The molecule has 0 aliphatic heterocycles. The monoisotopic (exact) mass is 419 g/mol. The molecule has 7 heteroatoms. The number of aromatic nitrogens is 2. The fourth-order valence-electron chi connectivity index (χ4n) is 2.84. The molecule has 0 saturated heterocycles. The second kappa shape index (κ2) is 8.55. The van der Waals surface area contributed by atoms with Crippen molar-refractivity contribution >= 4 is 50.7 Å². The maximum atomic E-state index is 12.4. The number of thioether (sulfide) groups is 1. The van der Waals surface area contributed by atoms with Crippen LogP contribution in [0.4, 0.5) is 5.69 Å². The number of thiophene rings is 1. The van der Waals surface area contributed by atoms with Crippen molar-refractivity contribution < 1.29 is 9.59 Å². The summed E-state index contributed by atoms with van der Waals surface area (Å²) in [5.41, 5.74) is 2.31. The quantitative estimate of drug-likeness (QED) is 0.261. The lowest BCUT2D eigenvalue weighted by Gasteiger charge is -2.06. The Labute approximate surface area is 176 Å². The van der Waals surface area contributed by atoms with Gasteiger partial charge < -0.3 is 5.32 Å². The molecule has 0 radical (unpaired) electrons. The maximum absolute atomic E-state index is 12.4. The van der Waals surface area contributed by atoms with Gasteiger partial charge in [0.2, 0.25) is 5.91 Å². The average Bonchev–Trinajstić information content (AvgIpc) is 3.18. The van der Waals surface area contributed by atoms with Crippen LogP contribution in [0.3, 0.4) is 0 Å². The molecular weight excluding hydrogens is 402 g/mol. The van der Waals surface area contributed by atoms with Crippen LogP contribution in [0, 0.1) is 0 Å². The number of fused-ring (bicyclic) bond motifs is 1. The van der Waals surface area contributed by atoms with Gasteiger partial charge in [0.05, 0.1) is 5.75 Å². The number of amides is 1. The summed E-state index contributed by atoms with van der Waals surface area (Å²) in [6.45, 7) is 1.50. The van der Waals surface area contributed by atoms with E-state index in [2.05, 4.69) is 33.5 Å². The van der Waals surface area contributed by atoms with Gasteiger partial charge >= 0.3 is 0 Å². The van der Waals surface area contributed by atoms with Gasteiger partial charge in [-0.3, -0.25) is 9.59 Å². The van der Waals surface area contributed by atoms with Crippen molar-refractivity contribution in [1.29, 1.82) is 0 Å². The lowest BCUT2D eigenvalue weighted by molar-refractivity contribution is -0.113. The number of carbonyl (C=O) groups excluding carboxylic acids is 2. The molecule has 4 rings (SSSR count). The number of benzene rings is 2. The van der Waals surface area contributed by atoms with Crippen LogP contribution >= 0.6 is 23.1 Å². The second-order valence-corrected chi connectivity index (χ2v) is 8.34. The third kappa shape index (κ3) is 4.52. The summed E-state index contributed by atoms with van der Waals surface area (Å²) < 4.78 is 0. The number of hydrogen-bond donors (Lipinski definition) is 1. The van der Waals surface area contributed by atoms with E-state index in [0.29, 0.717) is 11.3 Å². The molecule has 29 heavy (non-hydrogen) atoms. The number of nitrogens with zero attached hydrogens (tertiary/aromatic N) is 2. The van der Waals surface area contributed by atoms with Crippen LogP contribution in [0.1, 0.15) is 17.3 Å². The first-order valence-corrected chi connectivity index (χ1v) is 10.7. The van der Waals surface area contributed by atoms with Gasteiger partial charge in [0.15, 0.2) is 5.78 Å². The fraction of sp³-hybridized carbons (Fsp3) is 0.0909. The third-order valence-electron chi connectivity index (χ3n) is 4.24. The van der Waals surface area contributed by atoms with Crippen LogP contribution < -0.4 is 5.32 Å². The Morgan fingerprint density at radius 1 is 1.03 bits per heavy atom. The Hall–Kier alpha value is -3.03. The normalized spacial score (nSPS) is 10.8. The highest BCUT2D eigenvalue weighted by atomic mass is 32.2. The third-order valence-corrected chi connectivity index (χ3v) is 6.34. The number of hydrogen-bond acceptors (Lipinski definition) is 6. The van der Waals surface area contributed by atoms with E-state index in [1.807, 2.05) is 18.2 Å². The highest BCUT2D eigenvalue weighted by Gasteiger charge is 2.12. The van der Waals surface area contributed by atoms with Crippen molar-refractivity contribution in [1.82, 2.24) is 9.97 Å². The van der Waals surface area contributed by atoms with Crippen molar-refractivity contribution in [2.45, 2.75) is 11.9 Å². The van der Waals surface area contributed by atoms with Crippen LogP contribution in [0.25, 0.3) is 20.7 Å². The fourth-order valence-corrected chi connectivity index (χ4v) is 4.68. The Morgan fingerprint density at radius 3 is 2.66 bits per heavy atom. The zero-order chi connectivity index (χ0) is 20.2. The molecule has 2 aromatic heterocycles. The minimum absolute atomic E-state index is 0.0365. The molecule has 2 aromatic carbocycles. The minimum atomic E-state index is -0.152. The molecule has 0 aliphatic carbocycles. The van der Waals surface area contributed by atoms with Crippen molar-refractivity contribution in [3.8, 4) is 10.4 Å². The molecule has 0 atom stereocenters. The first kappa shape index (κ1) is 19.3. The Balaban J connectivity index is 1.48. The molecule has 1 amide bonds. The van der Waals surface area contributed by atoms with Crippen LogP contribution in [0.2, 0.25) is 0 Å². The smallest absolute Gasteiger partial charge is 0.234 e. The van der Waals surface area contributed by atoms with E-state index in [1.165, 1.54) is 25.0 Å². The first-order valence-electron chi connectivity index (χ1n) is 8.94. The number of anilines is 1. The van der Waals surface area contributed by atoms with Crippen LogP contribution in [0.5, 0.6) is 0 Å². The van der Waals surface area contributed by atoms with Crippen molar-refractivity contribution in [2.75, 3.05) is 11.1 Å². The summed E-state index contributed by atoms with van der Waals surface area (Å²) in [6.07, 6.45) is 1.53. The summed E-state index contributed by atoms with van der Waals surface area (Å²) in [7, 11) is 0. The predicted octanol–water partition coefficient (Wildman–Crippen LogP) is 5.29. The predicted molar refractivity (Wildman–Crippen MR) is 119 cm³/mol. The Morgan fingerprint density at radius 2 is 1.86 bits per heavy atom. The van der Waals surface area contributed by atoms with Gasteiger partial charge in [0.1, 0.15) is 16.2 Å². The minimum Gasteiger partial charge on any atom is -0.325 e. The van der Waals surface area contributed by atoms with Crippen LogP contribution in [-0.4, -0.2) is 27.4 Å². The number of Topliss-reactive ketones (excluding diaryl/α,β-unsaturated/α-hetero) is 1. The van der Waals surface area contributed by atoms with Gasteiger partial charge in [0.25, 0.3) is 0 Å². The van der Waals surface area contributed by atoms with Crippen LogP contribution in [0.15, 0.2) is 72.0 Å². The average molecular weight is 420 g/mol. The van der Waals surface area contributed by atoms with E-state index in [4.69, 9.17) is 0 Å². The molecule has 2 heterocycles. The molecule has 5 nitrogen and oxygen atoms in total. The van der Waals surface area contributed by atoms with E-state index in [-0.39, 0.29) is 17.4 Å². The molecule has 4 aromatic rings. The number of carbonyl (C=O) groups is 2. The molecular formula is C22H17N3O2S2. The summed E-state index contributed by atoms with van der Waals surface area (Å²) in [4.78, 5) is 34.6. The highest BCUT2D eigenvalue weighted by molar-refractivity contribution is 8.00. The Bertz CT molecular complexity index is 1190.